The van der Waals surface area contributed by atoms with Gasteiger partial charge in [0.05, 0.1) is 28.5 Å². The Labute approximate surface area is 141 Å². The number of sulfonamides is 1. The van der Waals surface area contributed by atoms with E-state index in [0.717, 1.165) is 15.1 Å². The molecule has 1 saturated heterocycles. The SMILES string of the molecule is CCN([C@@H]1CS(=O)(=O)C[C@@H]1O)S(=O)(=O)c1ccc2ccccc2c1. The molecule has 0 bridgehead atoms. The van der Waals surface area contributed by atoms with Crippen LogP contribution in [0.2, 0.25) is 0 Å². The molecule has 6 nitrogen and oxygen atoms in total. The maximum absolute atomic E-state index is 13.0. The van der Waals surface area contributed by atoms with Crippen LogP contribution in [-0.4, -0.2) is 56.4 Å². The number of aliphatic hydroxyl groups excluding tert-OH is 1. The number of likely N-dealkylation sites (N-methyl/N-ethyl adjacent to an activating group) is 1. The van der Waals surface area contributed by atoms with Gasteiger partial charge in [0.25, 0.3) is 0 Å². The van der Waals surface area contributed by atoms with E-state index in [-0.39, 0.29) is 17.2 Å². The number of aliphatic hydroxyl groups is 1. The van der Waals surface area contributed by atoms with E-state index in [4.69, 9.17) is 0 Å². The second kappa shape index (κ2) is 6.11. The molecule has 8 heteroatoms. The first-order valence-corrected chi connectivity index (χ1v) is 10.9. The van der Waals surface area contributed by atoms with Crippen LogP contribution in [0.4, 0.5) is 0 Å². The van der Waals surface area contributed by atoms with Crippen molar-refractivity contribution in [1.29, 1.82) is 0 Å². The molecule has 2 aromatic carbocycles. The van der Waals surface area contributed by atoms with Gasteiger partial charge >= 0.3 is 0 Å². The summed E-state index contributed by atoms with van der Waals surface area (Å²) in [6, 6.07) is 11.3. The predicted molar refractivity (Wildman–Crippen MR) is 92.0 cm³/mol. The van der Waals surface area contributed by atoms with Crippen LogP contribution in [-0.2, 0) is 19.9 Å². The summed E-state index contributed by atoms with van der Waals surface area (Å²) >= 11 is 0. The topological polar surface area (TPSA) is 91.8 Å². The lowest BCUT2D eigenvalue weighted by atomic mass is 10.1. The number of nitrogens with zero attached hydrogens (tertiary/aromatic N) is 1. The van der Waals surface area contributed by atoms with Crippen molar-refractivity contribution < 1.29 is 21.9 Å². The van der Waals surface area contributed by atoms with Gasteiger partial charge < -0.3 is 5.11 Å². The average Bonchev–Trinajstić information content (AvgIpc) is 2.80. The third-order valence-electron chi connectivity index (χ3n) is 4.30. The van der Waals surface area contributed by atoms with Crippen molar-refractivity contribution in [2.45, 2.75) is 24.0 Å². The van der Waals surface area contributed by atoms with E-state index in [1.807, 2.05) is 24.3 Å². The van der Waals surface area contributed by atoms with Crippen LogP contribution in [0.1, 0.15) is 6.92 Å². The van der Waals surface area contributed by atoms with Gasteiger partial charge in [-0.05, 0) is 22.9 Å². The Bertz CT molecular complexity index is 969. The maximum Gasteiger partial charge on any atom is 0.243 e. The summed E-state index contributed by atoms with van der Waals surface area (Å²) < 4.78 is 50.5. The quantitative estimate of drug-likeness (QED) is 0.868. The van der Waals surface area contributed by atoms with Gasteiger partial charge in [-0.2, -0.15) is 4.31 Å². The Morgan fingerprint density at radius 2 is 1.79 bits per heavy atom. The van der Waals surface area contributed by atoms with E-state index in [9.17, 15) is 21.9 Å². The Hall–Kier alpha value is -1.48. The van der Waals surface area contributed by atoms with Gasteiger partial charge in [0, 0.05) is 6.54 Å². The molecule has 0 aromatic heterocycles. The first kappa shape index (κ1) is 17.3. The lowest BCUT2D eigenvalue weighted by molar-refractivity contribution is 0.130. The number of benzene rings is 2. The number of hydrogen-bond acceptors (Lipinski definition) is 5. The Morgan fingerprint density at radius 3 is 2.38 bits per heavy atom. The summed E-state index contributed by atoms with van der Waals surface area (Å²) in [6.45, 7) is 1.72. The van der Waals surface area contributed by atoms with E-state index in [2.05, 4.69) is 0 Å². The van der Waals surface area contributed by atoms with Gasteiger partial charge in [-0.25, -0.2) is 16.8 Å². The second-order valence-corrected chi connectivity index (χ2v) is 9.97. The highest BCUT2D eigenvalue weighted by atomic mass is 32.2. The molecular formula is C16H19NO5S2. The van der Waals surface area contributed by atoms with Crippen molar-refractivity contribution >= 4 is 30.6 Å². The lowest BCUT2D eigenvalue weighted by Gasteiger charge is -2.28. The van der Waals surface area contributed by atoms with Gasteiger partial charge in [-0.1, -0.05) is 37.3 Å². The summed E-state index contributed by atoms with van der Waals surface area (Å²) in [5.74, 6) is -0.754. The fourth-order valence-electron chi connectivity index (χ4n) is 3.13. The van der Waals surface area contributed by atoms with Crippen molar-refractivity contribution in [2.24, 2.45) is 0 Å². The van der Waals surface area contributed by atoms with E-state index in [1.54, 1.807) is 19.1 Å². The summed E-state index contributed by atoms with van der Waals surface area (Å²) in [5, 5.41) is 11.7. The predicted octanol–water partition coefficient (Wildman–Crippen LogP) is 1.01. The van der Waals surface area contributed by atoms with Gasteiger partial charge in [0.1, 0.15) is 0 Å². The zero-order valence-electron chi connectivity index (χ0n) is 13.2. The normalized spacial score (nSPS) is 23.8. The minimum absolute atomic E-state index is 0.0897. The van der Waals surface area contributed by atoms with E-state index in [1.165, 1.54) is 6.07 Å². The first-order chi connectivity index (χ1) is 11.2. The molecule has 24 heavy (non-hydrogen) atoms. The monoisotopic (exact) mass is 369 g/mol. The largest absolute Gasteiger partial charge is 0.390 e. The molecule has 1 aliphatic heterocycles. The molecule has 3 rings (SSSR count). The fourth-order valence-corrected chi connectivity index (χ4v) is 6.73. The molecule has 1 fully saturated rings. The van der Waals surface area contributed by atoms with Crippen LogP contribution < -0.4 is 0 Å². The van der Waals surface area contributed by atoms with Crippen LogP contribution in [0.25, 0.3) is 10.8 Å². The van der Waals surface area contributed by atoms with Gasteiger partial charge in [-0.15, -0.1) is 0 Å². The van der Waals surface area contributed by atoms with Crippen molar-refractivity contribution in [3.63, 3.8) is 0 Å². The van der Waals surface area contributed by atoms with Gasteiger partial charge in [0.2, 0.25) is 10.0 Å². The van der Waals surface area contributed by atoms with Crippen molar-refractivity contribution in [3.8, 4) is 0 Å². The van der Waals surface area contributed by atoms with Crippen LogP contribution in [0.3, 0.4) is 0 Å². The van der Waals surface area contributed by atoms with Crippen molar-refractivity contribution in [2.75, 3.05) is 18.1 Å². The molecule has 130 valence electrons. The standard InChI is InChI=1S/C16H19NO5S2/c1-2-17(15-10-23(19,20)11-16(15)18)24(21,22)14-8-7-12-5-3-4-6-13(12)9-14/h3-9,15-16,18H,2,10-11H2,1H3/t15-,16+/m1/s1. The number of fused-ring (bicyclic) bond motifs is 1. The highest BCUT2D eigenvalue weighted by molar-refractivity contribution is 7.92. The Kier molecular flexibility index (Phi) is 4.41. The third kappa shape index (κ3) is 3.06. The summed E-state index contributed by atoms with van der Waals surface area (Å²) in [4.78, 5) is 0.0968. The van der Waals surface area contributed by atoms with E-state index >= 15 is 0 Å². The minimum atomic E-state index is -3.90. The summed E-state index contributed by atoms with van der Waals surface area (Å²) in [7, 11) is -7.33. The molecule has 0 radical (unpaired) electrons. The van der Waals surface area contributed by atoms with Crippen LogP contribution in [0.5, 0.6) is 0 Å². The first-order valence-electron chi connectivity index (χ1n) is 7.64. The smallest absolute Gasteiger partial charge is 0.243 e. The fraction of sp³-hybridized carbons (Fsp3) is 0.375. The molecule has 0 saturated carbocycles. The van der Waals surface area contributed by atoms with Crippen LogP contribution in [0, 0.1) is 0 Å². The third-order valence-corrected chi connectivity index (χ3v) is 8.00. The molecule has 0 spiro atoms. The Morgan fingerprint density at radius 1 is 1.12 bits per heavy atom. The number of rotatable bonds is 4. The van der Waals surface area contributed by atoms with E-state index in [0.29, 0.717) is 0 Å². The Balaban J connectivity index is 2.03. The molecule has 1 heterocycles. The lowest BCUT2D eigenvalue weighted by Crippen LogP contribution is -2.46. The molecule has 2 aromatic rings. The van der Waals surface area contributed by atoms with Crippen molar-refractivity contribution in [1.82, 2.24) is 4.31 Å². The molecule has 1 N–H and O–H groups in total. The van der Waals surface area contributed by atoms with Crippen molar-refractivity contribution in [3.05, 3.63) is 42.5 Å². The average molecular weight is 369 g/mol. The molecule has 0 amide bonds. The molecule has 1 aliphatic rings. The highest BCUT2D eigenvalue weighted by Crippen LogP contribution is 2.27. The number of hydrogen-bond donors (Lipinski definition) is 1. The van der Waals surface area contributed by atoms with E-state index < -0.39 is 37.8 Å². The van der Waals surface area contributed by atoms with Crippen LogP contribution in [0.15, 0.2) is 47.4 Å². The van der Waals surface area contributed by atoms with Crippen LogP contribution >= 0.6 is 0 Å². The van der Waals surface area contributed by atoms with Gasteiger partial charge in [-0.3, -0.25) is 0 Å². The minimum Gasteiger partial charge on any atom is -0.390 e. The number of sulfone groups is 1. The molecule has 0 aliphatic carbocycles. The zero-order chi connectivity index (χ0) is 17.5. The summed E-state index contributed by atoms with van der Waals surface area (Å²) in [5.41, 5.74) is 0. The molecular weight excluding hydrogens is 350 g/mol. The molecule has 0 unspecified atom stereocenters. The second-order valence-electron chi connectivity index (χ2n) is 5.93. The highest BCUT2D eigenvalue weighted by Gasteiger charge is 2.44. The zero-order valence-corrected chi connectivity index (χ0v) is 14.8. The molecule has 2 atom stereocenters. The van der Waals surface area contributed by atoms with Gasteiger partial charge in [0.15, 0.2) is 9.84 Å². The maximum atomic E-state index is 13.0. The summed E-state index contributed by atoms with van der Waals surface area (Å²) in [6.07, 6.45) is -1.20.